The van der Waals surface area contributed by atoms with Crippen molar-refractivity contribution in [3.63, 3.8) is 0 Å². The van der Waals surface area contributed by atoms with E-state index in [0.29, 0.717) is 5.17 Å². The minimum atomic E-state index is -0.223. The SMILES string of the molecule is CC1(c2cccc(/C=C/c3ccc(Cl)cc3)c2)CCSC(N)=N1. The Morgan fingerprint density at radius 2 is 1.87 bits per heavy atom. The highest BCUT2D eigenvalue weighted by Gasteiger charge is 2.29. The van der Waals surface area contributed by atoms with Crippen molar-refractivity contribution in [1.82, 2.24) is 0 Å². The molecule has 0 fully saturated rings. The molecule has 0 saturated heterocycles. The average molecular weight is 343 g/mol. The lowest BCUT2D eigenvalue weighted by molar-refractivity contribution is 0.482. The Balaban J connectivity index is 1.85. The molecule has 3 rings (SSSR count). The summed E-state index contributed by atoms with van der Waals surface area (Å²) < 4.78 is 0. The maximum Gasteiger partial charge on any atom is 0.154 e. The summed E-state index contributed by atoms with van der Waals surface area (Å²) >= 11 is 7.55. The molecule has 0 aliphatic carbocycles. The molecule has 0 bridgehead atoms. The van der Waals surface area contributed by atoms with E-state index in [1.165, 1.54) is 5.56 Å². The first-order valence-corrected chi connectivity index (χ1v) is 8.94. The minimum Gasteiger partial charge on any atom is -0.379 e. The van der Waals surface area contributed by atoms with Crippen LogP contribution in [0, 0.1) is 0 Å². The van der Waals surface area contributed by atoms with Crippen LogP contribution in [0.15, 0.2) is 53.5 Å². The minimum absolute atomic E-state index is 0.223. The zero-order chi connectivity index (χ0) is 16.3. The van der Waals surface area contributed by atoms with E-state index < -0.39 is 0 Å². The molecular weight excluding hydrogens is 324 g/mol. The van der Waals surface area contributed by atoms with Crippen molar-refractivity contribution in [2.75, 3.05) is 5.75 Å². The Kier molecular flexibility index (Phi) is 4.79. The molecule has 1 aliphatic heterocycles. The van der Waals surface area contributed by atoms with Crippen LogP contribution in [0.4, 0.5) is 0 Å². The topological polar surface area (TPSA) is 38.4 Å². The van der Waals surface area contributed by atoms with Crippen LogP contribution < -0.4 is 5.73 Å². The lowest BCUT2D eigenvalue weighted by atomic mass is 9.89. The fraction of sp³-hybridized carbons (Fsp3) is 0.211. The number of rotatable bonds is 3. The van der Waals surface area contributed by atoms with Crippen molar-refractivity contribution >= 4 is 40.7 Å². The van der Waals surface area contributed by atoms with Gasteiger partial charge in [-0.3, -0.25) is 4.99 Å². The molecule has 0 radical (unpaired) electrons. The van der Waals surface area contributed by atoms with E-state index in [0.717, 1.165) is 28.3 Å². The average Bonchev–Trinajstić information content (AvgIpc) is 2.54. The second kappa shape index (κ2) is 6.81. The number of hydrogen-bond acceptors (Lipinski definition) is 3. The lowest BCUT2D eigenvalue weighted by Crippen LogP contribution is -2.28. The van der Waals surface area contributed by atoms with Gasteiger partial charge >= 0.3 is 0 Å². The van der Waals surface area contributed by atoms with Crippen LogP contribution in [0.1, 0.15) is 30.0 Å². The number of halogens is 1. The summed E-state index contributed by atoms with van der Waals surface area (Å²) in [6, 6.07) is 16.3. The van der Waals surface area contributed by atoms with E-state index in [4.69, 9.17) is 17.3 Å². The van der Waals surface area contributed by atoms with Crippen molar-refractivity contribution in [3.8, 4) is 0 Å². The first-order valence-electron chi connectivity index (χ1n) is 7.57. The summed E-state index contributed by atoms with van der Waals surface area (Å²) in [4.78, 5) is 4.67. The lowest BCUT2D eigenvalue weighted by Gasteiger charge is -2.29. The van der Waals surface area contributed by atoms with Gasteiger partial charge in [-0.1, -0.05) is 65.8 Å². The molecule has 2 aromatic carbocycles. The third kappa shape index (κ3) is 3.98. The summed E-state index contributed by atoms with van der Waals surface area (Å²) in [5.41, 5.74) is 9.19. The Hall–Kier alpha value is -1.71. The van der Waals surface area contributed by atoms with Crippen LogP contribution in [-0.2, 0) is 5.54 Å². The molecule has 0 aromatic heterocycles. The molecular formula is C19H19ClN2S. The molecule has 0 spiro atoms. The van der Waals surface area contributed by atoms with E-state index in [2.05, 4.69) is 48.3 Å². The van der Waals surface area contributed by atoms with Crippen LogP contribution in [0.5, 0.6) is 0 Å². The van der Waals surface area contributed by atoms with Crippen molar-refractivity contribution < 1.29 is 0 Å². The first-order chi connectivity index (χ1) is 11.0. The van der Waals surface area contributed by atoms with Gasteiger partial charge in [0.15, 0.2) is 5.17 Å². The Bertz CT molecular complexity index is 752. The fourth-order valence-electron chi connectivity index (χ4n) is 2.64. The van der Waals surface area contributed by atoms with Crippen molar-refractivity contribution in [3.05, 3.63) is 70.2 Å². The van der Waals surface area contributed by atoms with E-state index in [-0.39, 0.29) is 5.54 Å². The van der Waals surface area contributed by atoms with Crippen LogP contribution in [0.3, 0.4) is 0 Å². The van der Waals surface area contributed by atoms with Gasteiger partial charge in [0, 0.05) is 10.8 Å². The third-order valence-electron chi connectivity index (χ3n) is 4.04. The monoisotopic (exact) mass is 342 g/mol. The van der Waals surface area contributed by atoms with Crippen molar-refractivity contribution in [2.45, 2.75) is 18.9 Å². The van der Waals surface area contributed by atoms with Gasteiger partial charge in [-0.25, -0.2) is 0 Å². The molecule has 2 N–H and O–H groups in total. The zero-order valence-corrected chi connectivity index (χ0v) is 14.6. The standard InChI is InChI=1S/C19H19ClN2S/c1-19(11-12-23-18(21)22-19)16-4-2-3-15(13-16)6-5-14-7-9-17(20)10-8-14/h2-10,13H,11-12H2,1H3,(H2,21,22)/b6-5+. The molecule has 1 unspecified atom stereocenters. The predicted octanol–water partition coefficient (Wildman–Crippen LogP) is 5.18. The van der Waals surface area contributed by atoms with Gasteiger partial charge in [-0.2, -0.15) is 0 Å². The number of hydrogen-bond donors (Lipinski definition) is 1. The molecule has 0 amide bonds. The highest BCUT2D eigenvalue weighted by molar-refractivity contribution is 8.13. The van der Waals surface area contributed by atoms with Gasteiger partial charge in [-0.05, 0) is 48.2 Å². The molecule has 118 valence electrons. The van der Waals surface area contributed by atoms with E-state index in [1.807, 2.05) is 24.3 Å². The van der Waals surface area contributed by atoms with Gasteiger partial charge < -0.3 is 5.73 Å². The molecule has 23 heavy (non-hydrogen) atoms. The molecule has 1 heterocycles. The second-order valence-electron chi connectivity index (χ2n) is 5.83. The van der Waals surface area contributed by atoms with E-state index in [1.54, 1.807) is 11.8 Å². The maximum atomic E-state index is 5.92. The Morgan fingerprint density at radius 3 is 2.61 bits per heavy atom. The number of nitrogens with zero attached hydrogens (tertiary/aromatic N) is 1. The molecule has 2 nitrogen and oxygen atoms in total. The fourth-order valence-corrected chi connectivity index (χ4v) is 3.74. The van der Waals surface area contributed by atoms with E-state index in [9.17, 15) is 0 Å². The zero-order valence-electron chi connectivity index (χ0n) is 13.0. The first kappa shape index (κ1) is 16.2. The number of amidine groups is 1. The van der Waals surface area contributed by atoms with Gasteiger partial charge in [0.25, 0.3) is 0 Å². The highest BCUT2D eigenvalue weighted by Crippen LogP contribution is 2.35. The smallest absolute Gasteiger partial charge is 0.154 e. The molecule has 2 aromatic rings. The third-order valence-corrected chi connectivity index (χ3v) is 5.09. The number of nitrogens with two attached hydrogens (primary N) is 1. The molecule has 1 atom stereocenters. The van der Waals surface area contributed by atoms with Crippen LogP contribution >= 0.6 is 23.4 Å². The Morgan fingerprint density at radius 1 is 1.13 bits per heavy atom. The Labute approximate surface area is 146 Å². The summed E-state index contributed by atoms with van der Waals surface area (Å²) in [7, 11) is 0. The highest BCUT2D eigenvalue weighted by atomic mass is 35.5. The van der Waals surface area contributed by atoms with Gasteiger partial charge in [0.2, 0.25) is 0 Å². The van der Waals surface area contributed by atoms with Gasteiger partial charge in [0.05, 0.1) is 5.54 Å². The predicted molar refractivity (Wildman–Crippen MR) is 103 cm³/mol. The van der Waals surface area contributed by atoms with Crippen molar-refractivity contribution in [2.24, 2.45) is 10.7 Å². The molecule has 0 saturated carbocycles. The van der Waals surface area contributed by atoms with Crippen LogP contribution in [0.2, 0.25) is 5.02 Å². The van der Waals surface area contributed by atoms with Gasteiger partial charge in [-0.15, -0.1) is 0 Å². The quantitative estimate of drug-likeness (QED) is 0.781. The van der Waals surface area contributed by atoms with E-state index >= 15 is 0 Å². The number of benzene rings is 2. The molecule has 4 heteroatoms. The second-order valence-corrected chi connectivity index (χ2v) is 7.38. The van der Waals surface area contributed by atoms with Crippen molar-refractivity contribution in [1.29, 1.82) is 0 Å². The van der Waals surface area contributed by atoms with Crippen LogP contribution in [-0.4, -0.2) is 10.9 Å². The summed E-state index contributed by atoms with van der Waals surface area (Å²) in [6.07, 6.45) is 5.20. The number of aliphatic imine (C=N–C) groups is 1. The summed E-state index contributed by atoms with van der Waals surface area (Å²) in [5, 5.41) is 1.43. The largest absolute Gasteiger partial charge is 0.379 e. The summed E-state index contributed by atoms with van der Waals surface area (Å²) in [6.45, 7) is 2.15. The number of thioether (sulfide) groups is 1. The maximum absolute atomic E-state index is 5.92. The van der Waals surface area contributed by atoms with Gasteiger partial charge in [0.1, 0.15) is 0 Å². The molecule has 1 aliphatic rings. The summed E-state index contributed by atoms with van der Waals surface area (Å²) in [5.74, 6) is 1.01. The normalized spacial score (nSPS) is 21.4. The van der Waals surface area contributed by atoms with Crippen LogP contribution in [0.25, 0.3) is 12.2 Å².